The molecule has 1 aromatic rings. The van der Waals surface area contributed by atoms with Crippen molar-refractivity contribution in [3.05, 3.63) is 24.3 Å². The summed E-state index contributed by atoms with van der Waals surface area (Å²) in [5.74, 6) is 0.363. The molecular formula is C20H31N3O2. The van der Waals surface area contributed by atoms with Crippen LogP contribution in [0.5, 0.6) is 0 Å². The maximum Gasteiger partial charge on any atom is 0.226 e. The minimum atomic E-state index is -0.0549. The molecule has 138 valence electrons. The molecule has 0 radical (unpaired) electrons. The summed E-state index contributed by atoms with van der Waals surface area (Å²) in [6.45, 7) is 9.07. The summed E-state index contributed by atoms with van der Waals surface area (Å²) in [5.41, 5.74) is 2.03. The second-order valence-electron chi connectivity index (χ2n) is 7.25. The first-order valence-corrected chi connectivity index (χ1v) is 9.36. The average molecular weight is 345 g/mol. The minimum Gasteiger partial charge on any atom is -0.372 e. The lowest BCUT2D eigenvalue weighted by molar-refractivity contribution is -0.129. The van der Waals surface area contributed by atoms with Gasteiger partial charge < -0.3 is 15.1 Å². The van der Waals surface area contributed by atoms with Gasteiger partial charge in [-0.25, -0.2) is 0 Å². The van der Waals surface area contributed by atoms with Crippen LogP contribution in [0.1, 0.15) is 46.5 Å². The Balaban J connectivity index is 1.82. The van der Waals surface area contributed by atoms with E-state index in [-0.39, 0.29) is 11.8 Å². The quantitative estimate of drug-likeness (QED) is 0.823. The zero-order valence-corrected chi connectivity index (χ0v) is 15.8. The van der Waals surface area contributed by atoms with Gasteiger partial charge in [0.2, 0.25) is 11.8 Å². The third kappa shape index (κ3) is 6.40. The molecule has 1 aliphatic rings. The van der Waals surface area contributed by atoms with Crippen molar-refractivity contribution < 1.29 is 9.59 Å². The summed E-state index contributed by atoms with van der Waals surface area (Å²) >= 11 is 0. The average Bonchev–Trinajstić information content (AvgIpc) is 2.59. The molecule has 2 rings (SSSR count). The number of carbonyl (C=O) groups excluding carboxylic acids is 2. The summed E-state index contributed by atoms with van der Waals surface area (Å²) in [5, 5.41) is 2.92. The van der Waals surface area contributed by atoms with Gasteiger partial charge in [0.25, 0.3) is 0 Å². The first-order chi connectivity index (χ1) is 12.0. The highest BCUT2D eigenvalue weighted by Gasteiger charge is 2.13. The van der Waals surface area contributed by atoms with Gasteiger partial charge in [-0.2, -0.15) is 0 Å². The highest BCUT2D eigenvalue weighted by molar-refractivity contribution is 5.91. The topological polar surface area (TPSA) is 52.7 Å². The molecule has 0 bridgehead atoms. The van der Waals surface area contributed by atoms with Crippen molar-refractivity contribution in [1.82, 2.24) is 4.90 Å². The standard InChI is InChI=1S/C20H31N3O2/c1-16(2)15-23(17(3)24)14-11-20(25)21-18-7-9-19(10-8-18)22-12-5-4-6-13-22/h7-10,16H,4-6,11-15H2,1-3H3,(H,21,25). The van der Waals surface area contributed by atoms with Gasteiger partial charge in [0.15, 0.2) is 0 Å². The molecule has 0 spiro atoms. The Kier molecular flexibility index (Phi) is 7.29. The maximum absolute atomic E-state index is 12.2. The monoisotopic (exact) mass is 345 g/mol. The molecule has 1 saturated heterocycles. The van der Waals surface area contributed by atoms with E-state index in [1.54, 1.807) is 11.8 Å². The summed E-state index contributed by atoms with van der Waals surface area (Å²) in [6.07, 6.45) is 4.14. The van der Waals surface area contributed by atoms with E-state index in [4.69, 9.17) is 0 Å². The molecule has 1 N–H and O–H groups in total. The van der Waals surface area contributed by atoms with Crippen LogP contribution in [-0.2, 0) is 9.59 Å². The number of anilines is 2. The Bertz CT molecular complexity index is 563. The fraction of sp³-hybridized carbons (Fsp3) is 0.600. The van der Waals surface area contributed by atoms with Gasteiger partial charge in [0, 0.05) is 50.9 Å². The van der Waals surface area contributed by atoms with E-state index in [1.807, 2.05) is 12.1 Å². The van der Waals surface area contributed by atoms with Crippen LogP contribution in [0, 0.1) is 5.92 Å². The van der Waals surface area contributed by atoms with Gasteiger partial charge >= 0.3 is 0 Å². The van der Waals surface area contributed by atoms with Crippen molar-refractivity contribution in [3.8, 4) is 0 Å². The van der Waals surface area contributed by atoms with Crippen molar-refractivity contribution in [2.45, 2.75) is 46.5 Å². The Labute approximate surface area is 151 Å². The van der Waals surface area contributed by atoms with Crippen LogP contribution < -0.4 is 10.2 Å². The molecule has 0 atom stereocenters. The van der Waals surface area contributed by atoms with Gasteiger partial charge in [0.1, 0.15) is 0 Å². The van der Waals surface area contributed by atoms with Crippen molar-refractivity contribution in [2.75, 3.05) is 36.4 Å². The predicted octanol–water partition coefficient (Wildman–Crippen LogP) is 3.51. The van der Waals surface area contributed by atoms with Crippen molar-refractivity contribution in [1.29, 1.82) is 0 Å². The number of nitrogens with zero attached hydrogens (tertiary/aromatic N) is 2. The number of piperidine rings is 1. The SMILES string of the molecule is CC(=O)N(CCC(=O)Nc1ccc(N2CCCCC2)cc1)CC(C)C. The second kappa shape index (κ2) is 9.44. The Hall–Kier alpha value is -2.04. The lowest BCUT2D eigenvalue weighted by Gasteiger charge is -2.28. The van der Waals surface area contributed by atoms with Gasteiger partial charge in [0.05, 0.1) is 0 Å². The van der Waals surface area contributed by atoms with E-state index in [9.17, 15) is 9.59 Å². The van der Waals surface area contributed by atoms with Crippen molar-refractivity contribution in [2.24, 2.45) is 5.92 Å². The molecule has 1 aliphatic heterocycles. The van der Waals surface area contributed by atoms with Crippen LogP contribution in [0.3, 0.4) is 0 Å². The third-order valence-corrected chi connectivity index (χ3v) is 4.51. The second-order valence-corrected chi connectivity index (χ2v) is 7.25. The molecule has 5 nitrogen and oxygen atoms in total. The summed E-state index contributed by atoms with van der Waals surface area (Å²) < 4.78 is 0. The molecule has 0 aliphatic carbocycles. The maximum atomic E-state index is 12.2. The van der Waals surface area contributed by atoms with E-state index < -0.39 is 0 Å². The molecule has 0 unspecified atom stereocenters. The summed E-state index contributed by atoms with van der Waals surface area (Å²) in [7, 11) is 0. The summed E-state index contributed by atoms with van der Waals surface area (Å²) in [6, 6.07) is 8.06. The van der Waals surface area contributed by atoms with E-state index in [1.165, 1.54) is 24.9 Å². The molecule has 5 heteroatoms. The molecule has 1 aromatic carbocycles. The fourth-order valence-electron chi connectivity index (χ4n) is 3.19. The normalized spacial score (nSPS) is 14.5. The Morgan fingerprint density at radius 2 is 1.76 bits per heavy atom. The largest absolute Gasteiger partial charge is 0.372 e. The molecule has 0 saturated carbocycles. The van der Waals surface area contributed by atoms with Gasteiger partial charge in [-0.15, -0.1) is 0 Å². The fourth-order valence-corrected chi connectivity index (χ4v) is 3.19. The van der Waals surface area contributed by atoms with Crippen molar-refractivity contribution in [3.63, 3.8) is 0 Å². The zero-order chi connectivity index (χ0) is 18.2. The Morgan fingerprint density at radius 1 is 1.12 bits per heavy atom. The predicted molar refractivity (Wildman–Crippen MR) is 103 cm³/mol. The van der Waals surface area contributed by atoms with Crippen LogP contribution in [0.2, 0.25) is 0 Å². The number of hydrogen-bond acceptors (Lipinski definition) is 3. The van der Waals surface area contributed by atoms with Crippen LogP contribution in [-0.4, -0.2) is 42.9 Å². The first kappa shape index (κ1) is 19.3. The zero-order valence-electron chi connectivity index (χ0n) is 15.8. The number of amides is 2. The van der Waals surface area contributed by atoms with E-state index >= 15 is 0 Å². The molecule has 25 heavy (non-hydrogen) atoms. The van der Waals surface area contributed by atoms with Gasteiger partial charge in [-0.05, 0) is 49.4 Å². The van der Waals surface area contributed by atoms with Crippen LogP contribution in [0.4, 0.5) is 11.4 Å². The number of nitrogens with one attached hydrogen (secondary N) is 1. The number of carbonyl (C=O) groups is 2. The molecule has 1 heterocycles. The number of rotatable bonds is 7. The third-order valence-electron chi connectivity index (χ3n) is 4.51. The van der Waals surface area contributed by atoms with Crippen LogP contribution in [0.15, 0.2) is 24.3 Å². The number of hydrogen-bond donors (Lipinski definition) is 1. The molecular weight excluding hydrogens is 314 g/mol. The summed E-state index contributed by atoms with van der Waals surface area (Å²) in [4.78, 5) is 27.9. The van der Waals surface area contributed by atoms with E-state index in [0.29, 0.717) is 25.4 Å². The smallest absolute Gasteiger partial charge is 0.226 e. The van der Waals surface area contributed by atoms with Crippen LogP contribution >= 0.6 is 0 Å². The van der Waals surface area contributed by atoms with Gasteiger partial charge in [-0.3, -0.25) is 9.59 Å². The van der Waals surface area contributed by atoms with E-state index in [2.05, 4.69) is 36.2 Å². The molecule has 2 amide bonds. The highest BCUT2D eigenvalue weighted by Crippen LogP contribution is 2.21. The lowest BCUT2D eigenvalue weighted by atomic mass is 10.1. The van der Waals surface area contributed by atoms with Gasteiger partial charge in [-0.1, -0.05) is 13.8 Å². The molecule has 0 aromatic heterocycles. The van der Waals surface area contributed by atoms with E-state index in [0.717, 1.165) is 18.8 Å². The van der Waals surface area contributed by atoms with Crippen molar-refractivity contribution >= 4 is 23.2 Å². The minimum absolute atomic E-state index is 0.0207. The highest BCUT2D eigenvalue weighted by atomic mass is 16.2. The molecule has 1 fully saturated rings. The lowest BCUT2D eigenvalue weighted by Crippen LogP contribution is -2.34. The Morgan fingerprint density at radius 3 is 2.32 bits per heavy atom. The van der Waals surface area contributed by atoms with Crippen LogP contribution in [0.25, 0.3) is 0 Å². The number of benzene rings is 1. The first-order valence-electron chi connectivity index (χ1n) is 9.36.